The number of amides is 8. The third-order valence-electron chi connectivity index (χ3n) is 30.2. The monoisotopic (exact) mass is 1920 g/mol. The number of methoxy groups -OCH3 is 4. The van der Waals surface area contributed by atoms with E-state index < -0.39 is 60.1 Å². The maximum atomic E-state index is 14.6. The number of rotatable bonds is 20. The molecule has 10 aliphatic heterocycles. The van der Waals surface area contributed by atoms with E-state index in [-0.39, 0.29) is 120 Å². The zero-order chi connectivity index (χ0) is 99.9. The number of hydrogen-bond acceptors (Lipinski definition) is 22. The molecule has 0 bridgehead atoms. The Labute approximate surface area is 817 Å². The van der Waals surface area contributed by atoms with Crippen LogP contribution in [0.5, 0.6) is 11.5 Å². The minimum Gasteiger partial charge on any atom is -0.488 e. The minimum absolute atomic E-state index is 0.000341. The van der Waals surface area contributed by atoms with Crippen LogP contribution in [0.1, 0.15) is 240 Å². The lowest BCUT2D eigenvalue weighted by atomic mass is 9.85. The first-order valence-electron chi connectivity index (χ1n) is 49.8. The van der Waals surface area contributed by atoms with Gasteiger partial charge in [-0.3, -0.25) is 29.3 Å². The predicted octanol–water partition coefficient (Wildman–Crippen LogP) is 18.6. The molecule has 7 N–H and O–H groups in total. The molecule has 0 spiro atoms. The molecule has 8 aromatic rings. The largest absolute Gasteiger partial charge is 0.488 e. The van der Waals surface area contributed by atoms with Crippen molar-refractivity contribution in [1.29, 1.82) is 0 Å². The average molecular weight is 1920 g/mol. The second-order valence-electron chi connectivity index (χ2n) is 40.9. The summed E-state index contributed by atoms with van der Waals surface area (Å²) in [5.74, 6) is 1.36. The molecule has 748 valence electrons. The van der Waals surface area contributed by atoms with Crippen LogP contribution in [0.3, 0.4) is 0 Å². The SMILES string of the molecule is CC[C@H](C)[C@H](NC(=O)OC)C(=O)N1[C@@H](C)CC[C@H]1c1ncc(-c2ccc3c(c2)COc2cc4c5c(ccc4cc2-3)N=C([C@@H]2CC[C@H](C)N2C(=O)OC(C)(C)C)C5)[nH]1.CC[C@H](C)[C@H](NC(=O)OC)C(=O)N1[C@@H](C)CC[C@H]1c1ncc(-c2ccc3c(c2)COc2cc4c5c(ccc4cc2-3)N=C([C@@H]2CC[C@H](C)N2C(=O)[C@@H](NC(=O)OC)C2C[C@@H](C)O[C@H](C)C2)C5)[nH]1.COC(=O)N[C@H](C(=O)O)C1C[C@@H](C)O[C@H](C)C1. The highest BCUT2D eigenvalue weighted by molar-refractivity contribution is 6.08. The number of aliphatic imine (C=N–C) groups is 2. The number of ether oxygens (including phenoxy) is 9. The number of likely N-dealkylation sites (tertiary alicyclic amines) is 4. The van der Waals surface area contributed by atoms with Gasteiger partial charge in [-0.25, -0.2) is 38.7 Å². The Morgan fingerprint density at radius 3 is 1.22 bits per heavy atom. The van der Waals surface area contributed by atoms with Gasteiger partial charge in [0, 0.05) is 59.6 Å². The number of carbonyl (C=O) groups is 9. The lowest BCUT2D eigenvalue weighted by molar-refractivity contribution is -0.143. The van der Waals surface area contributed by atoms with Crippen LogP contribution in [-0.4, -0.2) is 229 Å². The van der Waals surface area contributed by atoms with Crippen molar-refractivity contribution < 1.29 is 90.9 Å². The van der Waals surface area contributed by atoms with Crippen LogP contribution in [0.15, 0.2) is 107 Å². The van der Waals surface area contributed by atoms with Crippen LogP contribution in [0, 0.1) is 23.7 Å². The van der Waals surface area contributed by atoms with Crippen molar-refractivity contribution in [3.63, 3.8) is 0 Å². The van der Waals surface area contributed by atoms with Crippen molar-refractivity contribution in [1.82, 2.24) is 60.8 Å². The molecule has 33 heteroatoms. The minimum atomic E-state index is -1.04. The first kappa shape index (κ1) is 100. The number of carboxylic acid groups (broad SMARTS) is 1. The van der Waals surface area contributed by atoms with Crippen molar-refractivity contribution in [2.75, 3.05) is 28.4 Å². The summed E-state index contributed by atoms with van der Waals surface area (Å²) in [6.07, 6.45) is 12.8. The van der Waals surface area contributed by atoms with Gasteiger partial charge in [0.2, 0.25) is 17.7 Å². The molecule has 33 nitrogen and oxygen atoms in total. The highest BCUT2D eigenvalue weighted by Crippen LogP contribution is 2.50. The van der Waals surface area contributed by atoms with E-state index in [1.54, 1.807) is 0 Å². The molecule has 18 atom stereocenters. The van der Waals surface area contributed by atoms with Gasteiger partial charge in [-0.1, -0.05) is 76.9 Å². The van der Waals surface area contributed by atoms with E-state index in [0.29, 0.717) is 51.7 Å². The number of imidazole rings is 2. The van der Waals surface area contributed by atoms with Crippen LogP contribution >= 0.6 is 0 Å². The number of H-pyrrole nitrogens is 2. The first-order chi connectivity index (χ1) is 66.9. The smallest absolute Gasteiger partial charge is 0.411 e. The summed E-state index contributed by atoms with van der Waals surface area (Å²) in [5, 5.41) is 24.4. The van der Waals surface area contributed by atoms with Gasteiger partial charge >= 0.3 is 36.4 Å². The highest BCUT2D eigenvalue weighted by atomic mass is 16.6. The zero-order valence-corrected chi connectivity index (χ0v) is 83.9. The summed E-state index contributed by atoms with van der Waals surface area (Å²) in [5.41, 5.74) is 15.7. The van der Waals surface area contributed by atoms with Gasteiger partial charge in [0.05, 0.1) is 112 Å². The molecule has 0 aliphatic carbocycles. The number of fused-ring (bicyclic) bond motifs is 12. The van der Waals surface area contributed by atoms with Gasteiger partial charge in [-0.05, 0) is 291 Å². The molecule has 6 fully saturated rings. The summed E-state index contributed by atoms with van der Waals surface area (Å²) in [7, 11) is 5.15. The van der Waals surface area contributed by atoms with E-state index in [1.807, 2.05) is 115 Å². The number of nitrogens with one attached hydrogen (secondary N) is 6. The van der Waals surface area contributed by atoms with Gasteiger partial charge < -0.3 is 93.7 Å². The van der Waals surface area contributed by atoms with Crippen LogP contribution in [0.2, 0.25) is 0 Å². The van der Waals surface area contributed by atoms with E-state index in [0.717, 1.165) is 193 Å². The lowest BCUT2D eigenvalue weighted by Crippen LogP contribution is -2.57. The van der Waals surface area contributed by atoms with Crippen LogP contribution < -0.4 is 30.7 Å². The number of carboxylic acids is 1. The van der Waals surface area contributed by atoms with Gasteiger partial charge in [-0.2, -0.15) is 0 Å². The van der Waals surface area contributed by atoms with Crippen molar-refractivity contribution in [3.05, 3.63) is 131 Å². The summed E-state index contributed by atoms with van der Waals surface area (Å²) in [6, 6.07) is 26.2. The molecule has 0 saturated carbocycles. The molecule has 140 heavy (non-hydrogen) atoms. The first-order valence-corrected chi connectivity index (χ1v) is 49.8. The highest BCUT2D eigenvalue weighted by Gasteiger charge is 2.49. The fourth-order valence-corrected chi connectivity index (χ4v) is 22.8. The fraction of sp³-hybridized carbons (Fsp3) is 0.542. The lowest BCUT2D eigenvalue weighted by Gasteiger charge is -2.39. The third kappa shape index (κ3) is 20.9. The molecule has 6 saturated heterocycles. The third-order valence-corrected chi connectivity index (χ3v) is 30.2. The molecule has 8 amide bonds. The molecule has 18 rings (SSSR count). The number of hydrogen-bond donors (Lipinski definition) is 7. The van der Waals surface area contributed by atoms with E-state index in [9.17, 15) is 43.2 Å². The Balaban J connectivity index is 0.000000174. The van der Waals surface area contributed by atoms with Crippen LogP contribution in [0.25, 0.3) is 66.3 Å². The number of alkyl carbamates (subject to hydrolysis) is 4. The average Bonchev–Trinajstić information content (AvgIpc) is 1.52. The molecule has 12 heterocycles. The second-order valence-corrected chi connectivity index (χ2v) is 40.9. The molecular weight excluding hydrogens is 1790 g/mol. The Hall–Kier alpha value is -12.7. The summed E-state index contributed by atoms with van der Waals surface area (Å²) in [4.78, 5) is 150. The van der Waals surface area contributed by atoms with E-state index in [4.69, 9.17) is 63.0 Å². The number of carbonyl (C=O) groups excluding carboxylic acids is 8. The summed E-state index contributed by atoms with van der Waals surface area (Å²) in [6.45, 7) is 30.6. The van der Waals surface area contributed by atoms with Crippen molar-refractivity contribution >= 4 is 98.5 Å². The Kier molecular flexibility index (Phi) is 30.1. The predicted molar refractivity (Wildman–Crippen MR) is 530 cm³/mol. The van der Waals surface area contributed by atoms with Gasteiger partial charge in [0.1, 0.15) is 66.1 Å². The van der Waals surface area contributed by atoms with Gasteiger partial charge in [0.15, 0.2) is 0 Å². The number of aromatic nitrogens is 4. The molecule has 6 aromatic carbocycles. The standard InChI is InChI=1S/C51H63N7O8.C45H54N6O6.C11H19NO5/c1-9-26(2)45(55-50(61)63-7)48(59)58-28(4)11-17-43(58)47-52-24-41(54-47)32-12-14-35-34(20-32)25-65-44-23-36-31(21-38(35)44)13-15-39-37(36)22-40(53-39)42-16-10-27(3)57(42)49(60)46(56-51(62)64-8)33-18-29(5)66-30(6)19-33;1-9-24(2)40(49-43(53)55-8)42(52)50-25(3)11-17-38(50)41-46-22-36(48-41)28-12-14-30-29(18-28)23-56-39-21-31-27(19-33(30)39)13-15-34-32(31)20-35(47-34)37-16-10-26(4)51(37)44(54)57-45(5,6)7;1-6-4-8(5-7(2)17-6)9(10(13)14)12-11(15)16-3/h12-15,20-21,23-24,26-30,33,42-43,45-46H,9-11,16-19,22,25H2,1-8H3,(H,52,54)(H,55,61)(H,56,62);12-15,18-19,21-22,24-26,37-38,40H,9-11,16-17,20,23H2,1-8H3,(H,46,48)(H,49,53);6-9H,4-5H2,1-3H3,(H,12,15)(H,13,14)/t26-,27-,28-,29+,30+,42-,43-,45-,46-;24-,25-,26-,37-,38-,40-;6-,7-,9+/m001/s1. The Morgan fingerprint density at radius 1 is 0.457 bits per heavy atom. The van der Waals surface area contributed by atoms with Gasteiger partial charge in [0.25, 0.3) is 0 Å². The number of aliphatic carboxylic acids is 1. The normalized spacial score (nSPS) is 24.9. The maximum Gasteiger partial charge on any atom is 0.411 e. The Morgan fingerprint density at radius 2 is 0.829 bits per heavy atom. The van der Waals surface area contributed by atoms with E-state index in [1.165, 1.54) is 34.0 Å². The number of aromatic amines is 2. The number of nitrogens with zero attached hydrogens (tertiary/aromatic N) is 8. The van der Waals surface area contributed by atoms with Crippen molar-refractivity contribution in [2.45, 2.75) is 322 Å². The van der Waals surface area contributed by atoms with Crippen LogP contribution in [-0.2, 0) is 78.4 Å². The molecule has 0 unspecified atom stereocenters. The van der Waals surface area contributed by atoms with E-state index >= 15 is 0 Å². The van der Waals surface area contributed by atoms with E-state index in [2.05, 4.69) is 142 Å². The summed E-state index contributed by atoms with van der Waals surface area (Å²) >= 11 is 0. The maximum absolute atomic E-state index is 14.6. The molecule has 2 aromatic heterocycles. The fourth-order valence-electron chi connectivity index (χ4n) is 22.8. The quantitative estimate of drug-likeness (QED) is 0.0348. The van der Waals surface area contributed by atoms with Gasteiger partial charge in [-0.15, -0.1) is 0 Å². The molecule has 0 radical (unpaired) electrons. The van der Waals surface area contributed by atoms with Crippen molar-refractivity contribution in [2.24, 2.45) is 33.7 Å². The molecular formula is C107H136N14O19. The van der Waals surface area contributed by atoms with Crippen molar-refractivity contribution in [3.8, 4) is 56.3 Å². The zero-order valence-electron chi connectivity index (χ0n) is 83.9. The second kappa shape index (κ2) is 42.0. The number of benzene rings is 6. The van der Waals surface area contributed by atoms with Crippen LogP contribution in [0.4, 0.5) is 35.3 Å². The molecule has 10 aliphatic rings. The topological polar surface area (TPSA) is 400 Å². The Bertz CT molecular complexity index is 6080. The summed E-state index contributed by atoms with van der Waals surface area (Å²) < 4.78 is 49.4.